The molecule has 21 heavy (non-hydrogen) atoms. The fourth-order valence-corrected chi connectivity index (χ4v) is 2.42. The molecule has 0 radical (unpaired) electrons. The number of carbonyl (C=O) groups is 1. The summed E-state index contributed by atoms with van der Waals surface area (Å²) in [6.45, 7) is 1.94. The number of nitrogens with one attached hydrogen (secondary N) is 2. The summed E-state index contributed by atoms with van der Waals surface area (Å²) in [6, 6.07) is 7.11. The number of nitrogens with zero attached hydrogens (tertiary/aromatic N) is 1. The van der Waals surface area contributed by atoms with Crippen molar-refractivity contribution >= 4 is 57.2 Å². The Morgan fingerprint density at radius 2 is 1.95 bits per heavy atom. The molecule has 0 saturated heterocycles. The molecule has 112 valence electrons. The number of aromatic nitrogens is 1. The number of hydrogen-bond acceptors (Lipinski definition) is 4. The van der Waals surface area contributed by atoms with Crippen molar-refractivity contribution in [1.29, 1.82) is 0 Å². The minimum absolute atomic E-state index is 0.338. The lowest BCUT2D eigenvalue weighted by Gasteiger charge is -2.26. The first-order chi connectivity index (χ1) is 9.86. The molecule has 2 rings (SSSR count). The van der Waals surface area contributed by atoms with Crippen LogP contribution < -0.4 is 10.6 Å². The van der Waals surface area contributed by atoms with Gasteiger partial charge in [0.2, 0.25) is 3.79 Å². The van der Waals surface area contributed by atoms with Gasteiger partial charge in [0.05, 0.1) is 0 Å². The third kappa shape index (κ3) is 4.74. The van der Waals surface area contributed by atoms with Crippen molar-refractivity contribution in [3.63, 3.8) is 0 Å². The van der Waals surface area contributed by atoms with E-state index in [0.717, 1.165) is 5.56 Å². The van der Waals surface area contributed by atoms with Crippen LogP contribution in [0.1, 0.15) is 15.9 Å². The van der Waals surface area contributed by atoms with E-state index in [1.807, 2.05) is 19.1 Å². The highest BCUT2D eigenvalue weighted by Gasteiger charge is 2.34. The maximum Gasteiger partial charge on any atom is 0.252 e. The molecule has 0 aliphatic carbocycles. The van der Waals surface area contributed by atoms with Gasteiger partial charge >= 0.3 is 0 Å². The first kappa shape index (κ1) is 16.4. The molecule has 0 spiro atoms. The van der Waals surface area contributed by atoms with Gasteiger partial charge in [-0.2, -0.15) is 0 Å². The van der Waals surface area contributed by atoms with Crippen molar-refractivity contribution in [2.75, 3.05) is 5.32 Å². The molecule has 8 heteroatoms. The lowest BCUT2D eigenvalue weighted by molar-refractivity contribution is 0.0942. The van der Waals surface area contributed by atoms with Gasteiger partial charge in [-0.25, -0.2) is 4.98 Å². The summed E-state index contributed by atoms with van der Waals surface area (Å²) in [6.07, 6.45) is 0.715. The first-order valence-electron chi connectivity index (χ1n) is 5.96. The standard InChI is InChI=1S/C13H12Cl3N3OS/c1-8-2-4-9(5-3-8)10(20)18-11(13(14,15)16)19-12-17-6-7-21-12/h2-7,11H,1H3,(H,17,19)(H,18,20)/t11-/m0/s1. The van der Waals surface area contributed by atoms with Crippen molar-refractivity contribution in [2.45, 2.75) is 16.9 Å². The SMILES string of the molecule is Cc1ccc(C(=O)N[C@@H](Nc2nccs2)C(Cl)(Cl)Cl)cc1. The predicted octanol–water partition coefficient (Wildman–Crippen LogP) is 3.99. The van der Waals surface area contributed by atoms with E-state index in [9.17, 15) is 4.79 Å². The van der Waals surface area contributed by atoms with Crippen molar-refractivity contribution in [3.8, 4) is 0 Å². The summed E-state index contributed by atoms with van der Waals surface area (Å²) >= 11 is 19.1. The molecule has 0 unspecified atom stereocenters. The Hall–Kier alpha value is -1.01. The Morgan fingerprint density at radius 1 is 1.29 bits per heavy atom. The van der Waals surface area contributed by atoms with Crippen LogP contribution in [0.15, 0.2) is 35.8 Å². The largest absolute Gasteiger partial charge is 0.338 e. The minimum Gasteiger partial charge on any atom is -0.338 e. The summed E-state index contributed by atoms with van der Waals surface area (Å²) in [5.41, 5.74) is 1.55. The number of alkyl halides is 3. The summed E-state index contributed by atoms with van der Waals surface area (Å²) in [7, 11) is 0. The molecule has 2 N–H and O–H groups in total. The van der Waals surface area contributed by atoms with Gasteiger partial charge in [0, 0.05) is 17.1 Å². The molecular weight excluding hydrogens is 353 g/mol. The zero-order valence-corrected chi connectivity index (χ0v) is 14.0. The highest BCUT2D eigenvalue weighted by atomic mass is 35.6. The molecule has 1 atom stereocenters. The minimum atomic E-state index is -1.72. The lowest BCUT2D eigenvalue weighted by Crippen LogP contribution is -2.49. The smallest absolute Gasteiger partial charge is 0.252 e. The predicted molar refractivity (Wildman–Crippen MR) is 88.5 cm³/mol. The molecule has 1 aromatic heterocycles. The molecule has 1 aromatic carbocycles. The molecule has 0 aliphatic rings. The van der Waals surface area contributed by atoms with Crippen molar-refractivity contribution < 1.29 is 4.79 Å². The van der Waals surface area contributed by atoms with Crippen molar-refractivity contribution in [3.05, 3.63) is 47.0 Å². The van der Waals surface area contributed by atoms with E-state index in [0.29, 0.717) is 10.7 Å². The van der Waals surface area contributed by atoms with E-state index >= 15 is 0 Å². The van der Waals surface area contributed by atoms with E-state index < -0.39 is 9.96 Å². The Bertz CT molecular complexity index is 596. The number of rotatable bonds is 4. The summed E-state index contributed by atoms with van der Waals surface area (Å²) in [5.74, 6) is -0.338. The number of hydrogen-bond donors (Lipinski definition) is 2. The molecule has 0 aliphatic heterocycles. The lowest BCUT2D eigenvalue weighted by atomic mass is 10.1. The molecule has 0 fully saturated rings. The van der Waals surface area contributed by atoms with Crippen LogP contribution in [0.3, 0.4) is 0 Å². The van der Waals surface area contributed by atoms with E-state index in [2.05, 4.69) is 15.6 Å². The molecule has 0 saturated carbocycles. The monoisotopic (exact) mass is 363 g/mol. The van der Waals surface area contributed by atoms with E-state index in [1.54, 1.807) is 23.7 Å². The molecule has 1 heterocycles. The van der Waals surface area contributed by atoms with Gasteiger partial charge in [-0.15, -0.1) is 11.3 Å². The third-order valence-corrected chi connectivity index (χ3v) is 3.98. The average molecular weight is 365 g/mol. The Morgan fingerprint density at radius 3 is 2.48 bits per heavy atom. The van der Waals surface area contributed by atoms with Gasteiger partial charge in [0.1, 0.15) is 6.17 Å². The van der Waals surface area contributed by atoms with Crippen molar-refractivity contribution in [1.82, 2.24) is 10.3 Å². The zero-order chi connectivity index (χ0) is 15.5. The topological polar surface area (TPSA) is 54.0 Å². The van der Waals surface area contributed by atoms with Crippen LogP contribution in [-0.2, 0) is 0 Å². The number of aryl methyl sites for hydroxylation is 1. The maximum absolute atomic E-state index is 12.2. The molecule has 1 amide bonds. The number of benzene rings is 1. The summed E-state index contributed by atoms with van der Waals surface area (Å²) in [5, 5.41) is 7.87. The summed E-state index contributed by atoms with van der Waals surface area (Å²) < 4.78 is -1.72. The highest BCUT2D eigenvalue weighted by Crippen LogP contribution is 2.31. The van der Waals surface area contributed by atoms with Crippen LogP contribution >= 0.6 is 46.1 Å². The highest BCUT2D eigenvalue weighted by molar-refractivity contribution is 7.13. The van der Waals surface area contributed by atoms with Gasteiger partial charge in [0.15, 0.2) is 5.13 Å². The van der Waals surface area contributed by atoms with Crippen LogP contribution in [0.2, 0.25) is 0 Å². The Kier molecular flexibility index (Phi) is 5.32. The van der Waals surface area contributed by atoms with Crippen LogP contribution in [0.25, 0.3) is 0 Å². The quantitative estimate of drug-likeness (QED) is 0.637. The van der Waals surface area contributed by atoms with Crippen LogP contribution in [-0.4, -0.2) is 20.8 Å². The number of anilines is 1. The summed E-state index contributed by atoms with van der Waals surface area (Å²) in [4.78, 5) is 16.2. The van der Waals surface area contributed by atoms with Crippen molar-refractivity contribution in [2.24, 2.45) is 0 Å². The normalized spacial score (nSPS) is 12.8. The van der Waals surface area contributed by atoms with E-state index in [4.69, 9.17) is 34.8 Å². The van der Waals surface area contributed by atoms with Crippen LogP contribution in [0.5, 0.6) is 0 Å². The third-order valence-electron chi connectivity index (χ3n) is 2.62. The maximum atomic E-state index is 12.2. The molecule has 4 nitrogen and oxygen atoms in total. The first-order valence-corrected chi connectivity index (χ1v) is 7.98. The molecular formula is C13H12Cl3N3OS. The number of carbonyl (C=O) groups excluding carboxylic acids is 1. The Balaban J connectivity index is 2.11. The van der Waals surface area contributed by atoms with Gasteiger partial charge in [-0.05, 0) is 19.1 Å². The molecule has 0 bridgehead atoms. The van der Waals surface area contributed by atoms with Crippen LogP contribution in [0.4, 0.5) is 5.13 Å². The van der Waals surface area contributed by atoms with Gasteiger partial charge in [0.25, 0.3) is 5.91 Å². The Labute approximate surface area is 141 Å². The number of thiazole rings is 1. The second kappa shape index (κ2) is 6.83. The fraction of sp³-hybridized carbons (Fsp3) is 0.231. The van der Waals surface area contributed by atoms with E-state index in [1.165, 1.54) is 11.3 Å². The second-order valence-electron chi connectivity index (χ2n) is 4.30. The number of amides is 1. The van der Waals surface area contributed by atoms with Gasteiger partial charge in [-0.1, -0.05) is 52.5 Å². The van der Waals surface area contributed by atoms with E-state index in [-0.39, 0.29) is 5.91 Å². The van der Waals surface area contributed by atoms with Gasteiger partial charge < -0.3 is 10.6 Å². The molecule has 2 aromatic rings. The fourth-order valence-electron chi connectivity index (χ4n) is 1.54. The zero-order valence-electron chi connectivity index (χ0n) is 10.9. The second-order valence-corrected chi connectivity index (χ2v) is 7.56. The number of halogens is 3. The van der Waals surface area contributed by atoms with Crippen LogP contribution in [0, 0.1) is 6.92 Å². The van der Waals surface area contributed by atoms with Gasteiger partial charge in [-0.3, -0.25) is 4.79 Å². The average Bonchev–Trinajstić information content (AvgIpc) is 2.90.